The van der Waals surface area contributed by atoms with Gasteiger partial charge >= 0.3 is 0 Å². The van der Waals surface area contributed by atoms with E-state index in [9.17, 15) is 18.3 Å². The quantitative estimate of drug-likeness (QED) is 0.215. The zero-order valence-corrected chi connectivity index (χ0v) is 24.2. The van der Waals surface area contributed by atoms with E-state index >= 15 is 0 Å². The third-order valence-corrected chi connectivity index (χ3v) is 8.63. The molecular formula is C31H39ClN2O5S. The van der Waals surface area contributed by atoms with Crippen LogP contribution in [-0.2, 0) is 16.4 Å². The second-order valence-corrected chi connectivity index (χ2v) is 12.0. The first-order valence-electron chi connectivity index (χ1n) is 13.7. The number of carbonyl (C=O) groups excluding carboxylic acids is 1. The fourth-order valence-electron chi connectivity index (χ4n) is 5.15. The maximum atomic E-state index is 13.0. The van der Waals surface area contributed by atoms with Crippen LogP contribution in [0.4, 0.5) is 0 Å². The van der Waals surface area contributed by atoms with Gasteiger partial charge in [0.15, 0.2) is 0 Å². The molecule has 4 N–H and O–H groups in total. The van der Waals surface area contributed by atoms with Crippen molar-refractivity contribution in [1.82, 2.24) is 10.0 Å². The predicted octanol–water partition coefficient (Wildman–Crippen LogP) is 4.74. The van der Waals surface area contributed by atoms with Gasteiger partial charge in [0.1, 0.15) is 0 Å². The number of nitrogens with one attached hydrogen (secondary N) is 2. The zero-order valence-electron chi connectivity index (χ0n) is 22.6. The number of sulfonamides is 1. The van der Waals surface area contributed by atoms with Crippen LogP contribution in [0.15, 0.2) is 72.8 Å². The molecule has 0 aromatic heterocycles. The highest BCUT2D eigenvalue weighted by atomic mass is 35.5. The van der Waals surface area contributed by atoms with E-state index < -0.39 is 22.0 Å². The summed E-state index contributed by atoms with van der Waals surface area (Å²) in [6, 6.07) is 23.6. The molecule has 0 unspecified atom stereocenters. The molecule has 1 aliphatic carbocycles. The van der Waals surface area contributed by atoms with Gasteiger partial charge in [-0.3, -0.25) is 4.79 Å². The first kappa shape index (κ1) is 31.8. The number of rotatable bonds is 13. The van der Waals surface area contributed by atoms with E-state index in [1.807, 2.05) is 42.5 Å². The van der Waals surface area contributed by atoms with Crippen LogP contribution >= 0.6 is 12.4 Å². The van der Waals surface area contributed by atoms with E-state index in [4.69, 9.17) is 5.11 Å². The van der Waals surface area contributed by atoms with Gasteiger partial charge in [0.05, 0.1) is 11.9 Å². The molecule has 0 aliphatic heterocycles. The van der Waals surface area contributed by atoms with E-state index in [-0.39, 0.29) is 37.1 Å². The smallest absolute Gasteiger partial charge is 0.265 e. The highest BCUT2D eigenvalue weighted by Gasteiger charge is 2.25. The van der Waals surface area contributed by atoms with Gasteiger partial charge in [-0.15, -0.1) is 12.4 Å². The summed E-state index contributed by atoms with van der Waals surface area (Å²) in [5.74, 6) is -0.675. The molecule has 0 radical (unpaired) electrons. The Labute approximate surface area is 243 Å². The Morgan fingerprint density at radius 2 is 1.62 bits per heavy atom. The average Bonchev–Trinajstić information content (AvgIpc) is 3.49. The van der Waals surface area contributed by atoms with Crippen LogP contribution in [-0.4, -0.2) is 50.0 Å². The minimum Gasteiger partial charge on any atom is -0.396 e. The Morgan fingerprint density at radius 3 is 2.30 bits per heavy atom. The van der Waals surface area contributed by atoms with Crippen molar-refractivity contribution in [3.8, 4) is 11.1 Å². The van der Waals surface area contributed by atoms with Crippen molar-refractivity contribution in [2.75, 3.05) is 25.4 Å². The summed E-state index contributed by atoms with van der Waals surface area (Å²) in [5.41, 5.74) is 5.41. The Balaban J connectivity index is 0.00000441. The molecule has 0 spiro atoms. The van der Waals surface area contributed by atoms with Gasteiger partial charge in [-0.05, 0) is 72.0 Å². The number of benzene rings is 3. The average molecular weight is 587 g/mol. The summed E-state index contributed by atoms with van der Waals surface area (Å²) in [4.78, 5) is 13.0. The van der Waals surface area contributed by atoms with E-state index in [0.29, 0.717) is 12.1 Å². The van der Waals surface area contributed by atoms with Crippen LogP contribution in [0.5, 0.6) is 0 Å². The number of hydrogen-bond acceptors (Lipinski definition) is 6. The van der Waals surface area contributed by atoms with Crippen LogP contribution in [0.2, 0.25) is 0 Å². The topological polar surface area (TPSA) is 116 Å². The molecule has 1 aliphatic rings. The number of hydrogen-bond donors (Lipinski definition) is 4. The minimum atomic E-state index is -3.81. The number of aliphatic hydroxyl groups is 2. The first-order valence-corrected chi connectivity index (χ1v) is 15.3. The van der Waals surface area contributed by atoms with Crippen LogP contribution < -0.4 is 10.0 Å². The Morgan fingerprint density at radius 1 is 0.950 bits per heavy atom. The summed E-state index contributed by atoms with van der Waals surface area (Å²) in [6.07, 6.45) is 4.52. The standard InChI is InChI=1S/C31H38N2O5S.ClH/c34-19-6-20-39(37,38)33-31(36)28-16-15-27(21-29(28)25-7-4-5-8-25)24-13-11-23(12-14-24)17-18-32-22-30(35)26-9-2-1-3-10-26;/h1-3,9-16,21,25,30,32,34-35H,4-8,17-20,22H2,(H,33,36);1H/t30-;/m0./s1. The molecule has 7 nitrogen and oxygen atoms in total. The van der Waals surface area contributed by atoms with Gasteiger partial charge in [0.25, 0.3) is 5.91 Å². The van der Waals surface area contributed by atoms with E-state index in [2.05, 4.69) is 34.3 Å². The molecule has 4 rings (SSSR count). The summed E-state index contributed by atoms with van der Waals surface area (Å²) >= 11 is 0. The van der Waals surface area contributed by atoms with Crippen molar-refractivity contribution in [2.45, 2.75) is 50.5 Å². The molecular weight excluding hydrogens is 548 g/mol. The number of amides is 1. The monoisotopic (exact) mass is 586 g/mol. The third-order valence-electron chi connectivity index (χ3n) is 7.31. The molecule has 216 valence electrons. The lowest BCUT2D eigenvalue weighted by molar-refractivity contribution is 0.0980. The van der Waals surface area contributed by atoms with Gasteiger partial charge in [-0.1, -0.05) is 79.6 Å². The number of halogens is 1. The number of carbonyl (C=O) groups is 1. The Kier molecular flexibility index (Phi) is 12.2. The summed E-state index contributed by atoms with van der Waals surface area (Å²) in [5, 5.41) is 22.6. The second kappa shape index (κ2) is 15.3. The molecule has 0 bridgehead atoms. The molecule has 1 amide bonds. The molecule has 9 heteroatoms. The summed E-state index contributed by atoms with van der Waals surface area (Å²) < 4.78 is 26.7. The van der Waals surface area contributed by atoms with Crippen LogP contribution in [0.3, 0.4) is 0 Å². The minimum absolute atomic E-state index is 0. The van der Waals surface area contributed by atoms with Crippen LogP contribution in [0.25, 0.3) is 11.1 Å². The summed E-state index contributed by atoms with van der Waals surface area (Å²) in [6.45, 7) is 0.999. The van der Waals surface area contributed by atoms with Crippen molar-refractivity contribution in [3.05, 3.63) is 95.1 Å². The lowest BCUT2D eigenvalue weighted by atomic mass is 9.89. The van der Waals surface area contributed by atoms with Gasteiger partial charge in [0.2, 0.25) is 10.0 Å². The maximum absolute atomic E-state index is 13.0. The fourth-order valence-corrected chi connectivity index (χ4v) is 6.16. The lowest BCUT2D eigenvalue weighted by Gasteiger charge is -2.17. The van der Waals surface area contributed by atoms with Gasteiger partial charge in [0, 0.05) is 18.7 Å². The van der Waals surface area contributed by atoms with Crippen molar-refractivity contribution < 1.29 is 23.4 Å². The molecule has 3 aromatic carbocycles. The van der Waals surface area contributed by atoms with Crippen molar-refractivity contribution in [1.29, 1.82) is 0 Å². The Bertz CT molecular complexity index is 1330. The zero-order chi connectivity index (χ0) is 27.7. The van der Waals surface area contributed by atoms with Crippen molar-refractivity contribution in [3.63, 3.8) is 0 Å². The van der Waals surface area contributed by atoms with E-state index in [0.717, 1.165) is 60.9 Å². The third kappa shape index (κ3) is 8.88. The van der Waals surface area contributed by atoms with Gasteiger partial charge in [-0.25, -0.2) is 13.1 Å². The molecule has 1 fully saturated rings. The maximum Gasteiger partial charge on any atom is 0.265 e. The second-order valence-electron chi connectivity index (χ2n) is 10.2. The molecule has 1 atom stereocenters. The predicted molar refractivity (Wildman–Crippen MR) is 161 cm³/mol. The van der Waals surface area contributed by atoms with E-state index in [1.54, 1.807) is 6.07 Å². The normalized spacial score (nSPS) is 14.4. The fraction of sp³-hybridized carbons (Fsp3) is 0.387. The highest BCUT2D eigenvalue weighted by molar-refractivity contribution is 7.90. The van der Waals surface area contributed by atoms with Gasteiger partial charge in [-0.2, -0.15) is 0 Å². The lowest BCUT2D eigenvalue weighted by Crippen LogP contribution is -2.33. The SMILES string of the molecule is Cl.O=C(NS(=O)(=O)CCCO)c1ccc(-c2ccc(CCNC[C@H](O)c3ccccc3)cc2)cc1C1CCCC1. The van der Waals surface area contributed by atoms with Crippen molar-refractivity contribution >= 4 is 28.3 Å². The molecule has 0 saturated heterocycles. The molecule has 40 heavy (non-hydrogen) atoms. The molecule has 0 heterocycles. The molecule has 3 aromatic rings. The first-order chi connectivity index (χ1) is 18.9. The summed E-state index contributed by atoms with van der Waals surface area (Å²) in [7, 11) is -3.81. The van der Waals surface area contributed by atoms with Crippen LogP contribution in [0.1, 0.15) is 71.2 Å². The Hall–Kier alpha value is -2.75. The highest BCUT2D eigenvalue weighted by Crippen LogP contribution is 2.38. The number of aliphatic hydroxyl groups excluding tert-OH is 2. The van der Waals surface area contributed by atoms with Crippen molar-refractivity contribution in [2.24, 2.45) is 0 Å². The largest absolute Gasteiger partial charge is 0.396 e. The van der Waals surface area contributed by atoms with Crippen LogP contribution in [0, 0.1) is 0 Å². The molecule has 1 saturated carbocycles. The van der Waals surface area contributed by atoms with E-state index in [1.165, 1.54) is 5.56 Å². The van der Waals surface area contributed by atoms with Gasteiger partial charge < -0.3 is 15.5 Å².